The lowest BCUT2D eigenvalue weighted by Crippen LogP contribution is -2.14. The standard InChI is InChI=1S/C13H20N2O3S/c1-4-6-10-8-11(16)15-13(14-10)19-9(3)7-12(17)18-5-2/h8-9H,4-7H2,1-3H3,(H,14,15,16). The second kappa shape index (κ2) is 7.99. The topological polar surface area (TPSA) is 72.0 Å². The molecular weight excluding hydrogens is 264 g/mol. The summed E-state index contributed by atoms with van der Waals surface area (Å²) in [6.45, 7) is 6.12. The van der Waals surface area contributed by atoms with Crippen LogP contribution in [0.25, 0.3) is 0 Å². The summed E-state index contributed by atoms with van der Waals surface area (Å²) < 4.78 is 4.89. The van der Waals surface area contributed by atoms with Gasteiger partial charge < -0.3 is 9.72 Å². The summed E-state index contributed by atoms with van der Waals surface area (Å²) in [5.41, 5.74) is 0.640. The summed E-state index contributed by atoms with van der Waals surface area (Å²) in [6.07, 6.45) is 2.03. The number of rotatable bonds is 7. The SMILES string of the molecule is CCCc1cc(=O)[nH]c(SC(C)CC(=O)OCC)n1. The predicted molar refractivity (Wildman–Crippen MR) is 75.4 cm³/mol. The van der Waals surface area contributed by atoms with E-state index in [1.165, 1.54) is 17.8 Å². The highest BCUT2D eigenvalue weighted by Gasteiger charge is 2.13. The number of hydrogen-bond donors (Lipinski definition) is 1. The lowest BCUT2D eigenvalue weighted by molar-refractivity contribution is -0.142. The average molecular weight is 284 g/mol. The van der Waals surface area contributed by atoms with Crippen LogP contribution in [0, 0.1) is 0 Å². The van der Waals surface area contributed by atoms with E-state index >= 15 is 0 Å². The van der Waals surface area contributed by atoms with Crippen molar-refractivity contribution in [2.75, 3.05) is 6.61 Å². The van der Waals surface area contributed by atoms with Crippen LogP contribution in [0.5, 0.6) is 0 Å². The fraction of sp³-hybridized carbons (Fsp3) is 0.615. The second-order valence-corrected chi connectivity index (χ2v) is 5.66. The van der Waals surface area contributed by atoms with Gasteiger partial charge in [-0.15, -0.1) is 0 Å². The van der Waals surface area contributed by atoms with Gasteiger partial charge >= 0.3 is 5.97 Å². The third kappa shape index (κ3) is 5.92. The van der Waals surface area contributed by atoms with E-state index in [1.807, 2.05) is 13.8 Å². The summed E-state index contributed by atoms with van der Waals surface area (Å²) in [6, 6.07) is 1.52. The molecule has 1 rings (SSSR count). The summed E-state index contributed by atoms with van der Waals surface area (Å²) >= 11 is 1.38. The average Bonchev–Trinajstić information content (AvgIpc) is 2.28. The summed E-state index contributed by atoms with van der Waals surface area (Å²) in [5.74, 6) is -0.227. The number of aromatic amines is 1. The molecule has 5 nitrogen and oxygen atoms in total. The molecule has 106 valence electrons. The van der Waals surface area contributed by atoms with E-state index in [2.05, 4.69) is 9.97 Å². The van der Waals surface area contributed by atoms with Gasteiger partial charge in [0.05, 0.1) is 13.0 Å². The number of hydrogen-bond acceptors (Lipinski definition) is 5. The third-order valence-electron chi connectivity index (χ3n) is 2.35. The molecule has 0 saturated heterocycles. The minimum absolute atomic E-state index is 0.0130. The van der Waals surface area contributed by atoms with E-state index in [1.54, 1.807) is 6.92 Å². The first-order valence-corrected chi connectivity index (χ1v) is 7.35. The van der Waals surface area contributed by atoms with Crippen LogP contribution >= 0.6 is 11.8 Å². The Morgan fingerprint density at radius 1 is 1.53 bits per heavy atom. The smallest absolute Gasteiger partial charge is 0.306 e. The number of thioether (sulfide) groups is 1. The maximum absolute atomic E-state index is 11.5. The molecule has 1 N–H and O–H groups in total. The molecule has 0 radical (unpaired) electrons. The van der Waals surface area contributed by atoms with Gasteiger partial charge in [-0.3, -0.25) is 9.59 Å². The minimum Gasteiger partial charge on any atom is -0.466 e. The number of carbonyl (C=O) groups is 1. The molecule has 0 aliphatic rings. The quantitative estimate of drug-likeness (QED) is 0.472. The monoisotopic (exact) mass is 284 g/mol. The van der Waals surface area contributed by atoms with Gasteiger partial charge in [0.1, 0.15) is 0 Å². The van der Waals surface area contributed by atoms with E-state index in [4.69, 9.17) is 4.74 Å². The molecule has 1 atom stereocenters. The number of esters is 1. The van der Waals surface area contributed by atoms with Gasteiger partial charge in [-0.1, -0.05) is 32.0 Å². The lowest BCUT2D eigenvalue weighted by atomic mass is 10.2. The largest absolute Gasteiger partial charge is 0.466 e. The van der Waals surface area contributed by atoms with Gasteiger partial charge in [0.25, 0.3) is 5.56 Å². The van der Waals surface area contributed by atoms with Gasteiger partial charge in [-0.25, -0.2) is 4.98 Å². The van der Waals surface area contributed by atoms with Crippen molar-refractivity contribution in [3.63, 3.8) is 0 Å². The highest BCUT2D eigenvalue weighted by Crippen LogP contribution is 2.21. The van der Waals surface area contributed by atoms with E-state index in [0.29, 0.717) is 18.2 Å². The van der Waals surface area contributed by atoms with Crippen LogP contribution in [0.3, 0.4) is 0 Å². The van der Waals surface area contributed by atoms with Crippen molar-refractivity contribution in [3.8, 4) is 0 Å². The van der Waals surface area contributed by atoms with Crippen molar-refractivity contribution in [3.05, 3.63) is 22.1 Å². The van der Waals surface area contributed by atoms with Crippen molar-refractivity contribution in [2.24, 2.45) is 0 Å². The van der Waals surface area contributed by atoms with Crippen LogP contribution in [0.4, 0.5) is 0 Å². The maximum Gasteiger partial charge on any atom is 0.306 e. The van der Waals surface area contributed by atoms with Crippen LogP contribution in [0.15, 0.2) is 16.0 Å². The Labute approximate surface area is 117 Å². The molecular formula is C13H20N2O3S. The van der Waals surface area contributed by atoms with Crippen molar-refractivity contribution in [1.29, 1.82) is 0 Å². The number of aryl methyl sites for hydroxylation is 1. The highest BCUT2D eigenvalue weighted by molar-refractivity contribution is 7.99. The van der Waals surface area contributed by atoms with Gasteiger partial charge in [-0.2, -0.15) is 0 Å². The number of carbonyl (C=O) groups excluding carboxylic acids is 1. The first-order chi connectivity index (χ1) is 9.05. The van der Waals surface area contributed by atoms with Crippen LogP contribution in [0.2, 0.25) is 0 Å². The van der Waals surface area contributed by atoms with Gasteiger partial charge in [0.15, 0.2) is 5.16 Å². The van der Waals surface area contributed by atoms with Gasteiger partial charge in [0, 0.05) is 17.0 Å². The van der Waals surface area contributed by atoms with E-state index in [-0.39, 0.29) is 16.8 Å². The van der Waals surface area contributed by atoms with Crippen molar-refractivity contribution in [1.82, 2.24) is 9.97 Å². The number of nitrogens with zero attached hydrogens (tertiary/aromatic N) is 1. The molecule has 0 saturated carbocycles. The summed E-state index contributed by atoms with van der Waals surface area (Å²) in [5, 5.41) is 0.576. The molecule has 1 heterocycles. The van der Waals surface area contributed by atoms with Gasteiger partial charge in [0.2, 0.25) is 0 Å². The first kappa shape index (κ1) is 15.8. The normalized spacial score (nSPS) is 12.2. The van der Waals surface area contributed by atoms with E-state index < -0.39 is 0 Å². The zero-order chi connectivity index (χ0) is 14.3. The zero-order valence-corrected chi connectivity index (χ0v) is 12.4. The number of H-pyrrole nitrogens is 1. The Balaban J connectivity index is 2.65. The Morgan fingerprint density at radius 3 is 2.89 bits per heavy atom. The Morgan fingerprint density at radius 2 is 2.26 bits per heavy atom. The predicted octanol–water partition coefficient (Wildman–Crippen LogP) is 2.16. The van der Waals surface area contributed by atoms with E-state index in [0.717, 1.165) is 18.5 Å². The molecule has 0 aliphatic carbocycles. The number of nitrogens with one attached hydrogen (secondary N) is 1. The summed E-state index contributed by atoms with van der Waals surface area (Å²) in [7, 11) is 0. The Kier molecular flexibility index (Phi) is 6.62. The molecule has 19 heavy (non-hydrogen) atoms. The molecule has 0 bridgehead atoms. The Bertz CT molecular complexity index is 473. The first-order valence-electron chi connectivity index (χ1n) is 6.47. The molecule has 1 aromatic heterocycles. The molecule has 0 spiro atoms. The maximum atomic E-state index is 11.5. The second-order valence-electron chi connectivity index (χ2n) is 4.23. The molecule has 0 fully saturated rings. The molecule has 6 heteroatoms. The van der Waals surface area contributed by atoms with Crippen molar-refractivity contribution >= 4 is 17.7 Å². The van der Waals surface area contributed by atoms with Crippen LogP contribution in [-0.4, -0.2) is 27.8 Å². The highest BCUT2D eigenvalue weighted by atomic mass is 32.2. The number of aromatic nitrogens is 2. The van der Waals surface area contributed by atoms with Gasteiger partial charge in [-0.05, 0) is 13.3 Å². The van der Waals surface area contributed by atoms with Crippen molar-refractivity contribution in [2.45, 2.75) is 50.4 Å². The lowest BCUT2D eigenvalue weighted by Gasteiger charge is -2.10. The third-order valence-corrected chi connectivity index (χ3v) is 3.34. The zero-order valence-electron chi connectivity index (χ0n) is 11.6. The fourth-order valence-electron chi connectivity index (χ4n) is 1.61. The van der Waals surface area contributed by atoms with E-state index in [9.17, 15) is 9.59 Å². The molecule has 1 unspecified atom stereocenters. The molecule has 0 aliphatic heterocycles. The van der Waals surface area contributed by atoms with Crippen LogP contribution in [0.1, 0.15) is 39.3 Å². The Hall–Kier alpha value is -1.30. The van der Waals surface area contributed by atoms with Crippen LogP contribution < -0.4 is 5.56 Å². The fourth-order valence-corrected chi connectivity index (χ4v) is 2.54. The van der Waals surface area contributed by atoms with Crippen LogP contribution in [-0.2, 0) is 16.0 Å². The molecule has 0 aromatic carbocycles. The minimum atomic E-state index is -0.227. The molecule has 0 amide bonds. The van der Waals surface area contributed by atoms with Crippen molar-refractivity contribution < 1.29 is 9.53 Å². The number of ether oxygens (including phenoxy) is 1. The summed E-state index contributed by atoms with van der Waals surface area (Å²) in [4.78, 5) is 29.9. The molecule has 1 aromatic rings.